The molecule has 5 aromatic carbocycles. The zero-order valence-electron chi connectivity index (χ0n) is 16.7. The lowest BCUT2D eigenvalue weighted by Crippen LogP contribution is -1.86. The topological polar surface area (TPSA) is 26.0 Å². The molecule has 0 bridgehead atoms. The van der Waals surface area contributed by atoms with E-state index in [1.54, 1.807) is 0 Å². The van der Waals surface area contributed by atoms with Crippen LogP contribution in [-0.4, -0.2) is 4.98 Å². The summed E-state index contributed by atoms with van der Waals surface area (Å²) in [6, 6.07) is 32.1. The van der Waals surface area contributed by atoms with E-state index in [0.29, 0.717) is 0 Å². The lowest BCUT2D eigenvalue weighted by molar-refractivity contribution is 0.670. The first-order valence-electron chi connectivity index (χ1n) is 10.5. The molecule has 7 aromatic rings. The van der Waals surface area contributed by atoms with Crippen molar-refractivity contribution >= 4 is 54.3 Å². The highest BCUT2D eigenvalue weighted by Gasteiger charge is 2.14. The second kappa shape index (κ2) is 6.16. The van der Waals surface area contributed by atoms with Gasteiger partial charge >= 0.3 is 0 Å². The molecule has 144 valence electrons. The van der Waals surface area contributed by atoms with Crippen LogP contribution in [0.3, 0.4) is 0 Å². The maximum Gasteiger partial charge on any atom is 0.143 e. The first-order valence-corrected chi connectivity index (χ1v) is 10.5. The van der Waals surface area contributed by atoms with Crippen LogP contribution in [0.2, 0.25) is 0 Å². The number of benzene rings is 5. The van der Waals surface area contributed by atoms with E-state index in [9.17, 15) is 0 Å². The van der Waals surface area contributed by atoms with Crippen LogP contribution < -0.4 is 0 Å². The minimum absolute atomic E-state index is 0.924. The molecule has 2 aromatic heterocycles. The first-order chi connectivity index (χ1) is 15.4. The molecule has 0 atom stereocenters. The van der Waals surface area contributed by atoms with Crippen molar-refractivity contribution in [1.82, 2.24) is 4.98 Å². The molecule has 0 radical (unpaired) electrons. The summed E-state index contributed by atoms with van der Waals surface area (Å²) >= 11 is 0. The maximum absolute atomic E-state index is 6.30. The number of furan rings is 1. The average molecular weight is 395 g/mol. The van der Waals surface area contributed by atoms with Crippen LogP contribution in [0.5, 0.6) is 0 Å². The van der Waals surface area contributed by atoms with E-state index in [2.05, 4.69) is 83.8 Å². The normalized spacial score (nSPS) is 11.9. The van der Waals surface area contributed by atoms with Crippen LogP contribution in [0.15, 0.2) is 108 Å². The van der Waals surface area contributed by atoms with Crippen LogP contribution in [0.4, 0.5) is 0 Å². The molecule has 0 saturated heterocycles. The zero-order chi connectivity index (χ0) is 20.4. The van der Waals surface area contributed by atoms with Gasteiger partial charge in [-0.2, -0.15) is 0 Å². The predicted octanol–water partition coefficient (Wildman–Crippen LogP) is 8.11. The van der Waals surface area contributed by atoms with Gasteiger partial charge in [0.05, 0.1) is 0 Å². The third-order valence-electron chi connectivity index (χ3n) is 6.35. The number of pyridine rings is 1. The third kappa shape index (κ3) is 2.30. The number of rotatable bonds is 1. The summed E-state index contributed by atoms with van der Waals surface area (Å²) in [5.74, 6) is 0. The Morgan fingerprint density at radius 1 is 0.516 bits per heavy atom. The molecular weight excluding hydrogens is 378 g/mol. The van der Waals surface area contributed by atoms with E-state index in [1.165, 1.54) is 32.3 Å². The molecule has 2 heteroatoms. The van der Waals surface area contributed by atoms with Gasteiger partial charge < -0.3 is 4.42 Å². The standard InChI is InChI=1S/C29H17NO/c1-2-7-21-20(6-1)23-14-15-30-17-27(23)22-13-12-18(16-26(21)22)19-9-5-10-25-24-8-3-4-11-28(24)31-29(19)25/h1-17H. The van der Waals surface area contributed by atoms with Crippen molar-refractivity contribution in [1.29, 1.82) is 0 Å². The Labute approximate surface area is 178 Å². The molecule has 2 nitrogen and oxygen atoms in total. The van der Waals surface area contributed by atoms with Crippen LogP contribution in [0.1, 0.15) is 0 Å². The minimum atomic E-state index is 0.924. The Hall–Kier alpha value is -4.17. The van der Waals surface area contributed by atoms with Crippen molar-refractivity contribution in [3.63, 3.8) is 0 Å². The second-order valence-electron chi connectivity index (χ2n) is 8.01. The van der Waals surface area contributed by atoms with E-state index in [0.717, 1.165) is 33.1 Å². The molecule has 0 fully saturated rings. The van der Waals surface area contributed by atoms with Crippen molar-refractivity contribution in [2.45, 2.75) is 0 Å². The van der Waals surface area contributed by atoms with Gasteiger partial charge in [-0.05, 0) is 50.7 Å². The Morgan fingerprint density at radius 3 is 2.13 bits per heavy atom. The highest BCUT2D eigenvalue weighted by molar-refractivity contribution is 6.25. The summed E-state index contributed by atoms with van der Waals surface area (Å²) in [5.41, 5.74) is 4.14. The summed E-state index contributed by atoms with van der Waals surface area (Å²) in [5, 5.41) is 9.71. The van der Waals surface area contributed by atoms with Gasteiger partial charge in [0.2, 0.25) is 0 Å². The lowest BCUT2D eigenvalue weighted by atomic mass is 9.92. The number of para-hydroxylation sites is 2. The monoisotopic (exact) mass is 395 g/mol. The van der Waals surface area contributed by atoms with E-state index in [4.69, 9.17) is 4.42 Å². The van der Waals surface area contributed by atoms with Gasteiger partial charge in [0.1, 0.15) is 11.2 Å². The van der Waals surface area contributed by atoms with Crippen molar-refractivity contribution in [3.8, 4) is 11.1 Å². The highest BCUT2D eigenvalue weighted by Crippen LogP contribution is 2.39. The Bertz CT molecular complexity index is 1760. The van der Waals surface area contributed by atoms with Crippen LogP contribution >= 0.6 is 0 Å². The number of fused-ring (bicyclic) bond motifs is 9. The number of nitrogens with zero attached hydrogens (tertiary/aromatic N) is 1. The average Bonchev–Trinajstić information content (AvgIpc) is 3.23. The van der Waals surface area contributed by atoms with E-state index in [1.807, 2.05) is 24.5 Å². The molecule has 0 aliphatic heterocycles. The molecule has 0 aliphatic rings. The maximum atomic E-state index is 6.30. The fraction of sp³-hybridized carbons (Fsp3) is 0. The van der Waals surface area contributed by atoms with E-state index < -0.39 is 0 Å². The number of hydrogen-bond acceptors (Lipinski definition) is 2. The second-order valence-corrected chi connectivity index (χ2v) is 8.01. The summed E-state index contributed by atoms with van der Waals surface area (Å²) in [6.07, 6.45) is 3.85. The Kier molecular flexibility index (Phi) is 3.30. The molecule has 0 saturated carbocycles. The van der Waals surface area contributed by atoms with Gasteiger partial charge in [-0.25, -0.2) is 0 Å². The molecule has 0 amide bonds. The summed E-state index contributed by atoms with van der Waals surface area (Å²) < 4.78 is 6.30. The van der Waals surface area contributed by atoms with Gasteiger partial charge in [-0.15, -0.1) is 0 Å². The fourth-order valence-electron chi connectivity index (χ4n) is 4.94. The molecule has 7 rings (SSSR count). The van der Waals surface area contributed by atoms with Crippen molar-refractivity contribution in [2.75, 3.05) is 0 Å². The summed E-state index contributed by atoms with van der Waals surface area (Å²) in [4.78, 5) is 4.40. The predicted molar refractivity (Wildman–Crippen MR) is 129 cm³/mol. The minimum Gasteiger partial charge on any atom is -0.455 e. The van der Waals surface area contributed by atoms with E-state index in [-0.39, 0.29) is 0 Å². The summed E-state index contributed by atoms with van der Waals surface area (Å²) in [6.45, 7) is 0. The number of hydrogen-bond donors (Lipinski definition) is 0. The third-order valence-corrected chi connectivity index (χ3v) is 6.35. The smallest absolute Gasteiger partial charge is 0.143 e. The molecule has 31 heavy (non-hydrogen) atoms. The van der Waals surface area contributed by atoms with Gasteiger partial charge in [0.25, 0.3) is 0 Å². The Balaban J connectivity index is 1.60. The highest BCUT2D eigenvalue weighted by atomic mass is 16.3. The van der Waals surface area contributed by atoms with Crippen LogP contribution in [0, 0.1) is 0 Å². The zero-order valence-corrected chi connectivity index (χ0v) is 16.7. The summed E-state index contributed by atoms with van der Waals surface area (Å²) in [7, 11) is 0. The van der Waals surface area contributed by atoms with Crippen LogP contribution in [-0.2, 0) is 0 Å². The SMILES string of the molecule is c1ccc2c(c1)oc1c(-c3ccc4c5cnccc5c5ccccc5c4c3)cccc12. The van der Waals surface area contributed by atoms with Crippen LogP contribution in [0.25, 0.3) is 65.4 Å². The Morgan fingerprint density at radius 2 is 1.23 bits per heavy atom. The molecular formula is C29H17NO. The fourth-order valence-corrected chi connectivity index (χ4v) is 4.94. The molecule has 2 heterocycles. The van der Waals surface area contributed by atoms with Crippen molar-refractivity contribution in [3.05, 3.63) is 103 Å². The molecule has 0 N–H and O–H groups in total. The first kappa shape index (κ1) is 16.6. The number of aromatic nitrogens is 1. The van der Waals surface area contributed by atoms with E-state index >= 15 is 0 Å². The molecule has 0 unspecified atom stereocenters. The van der Waals surface area contributed by atoms with Crippen molar-refractivity contribution in [2.24, 2.45) is 0 Å². The van der Waals surface area contributed by atoms with Gasteiger partial charge in [0, 0.05) is 34.1 Å². The van der Waals surface area contributed by atoms with Gasteiger partial charge in [-0.3, -0.25) is 4.98 Å². The van der Waals surface area contributed by atoms with Gasteiger partial charge in [-0.1, -0.05) is 72.8 Å². The molecule has 0 spiro atoms. The quantitative estimate of drug-likeness (QED) is 0.262. The van der Waals surface area contributed by atoms with Crippen molar-refractivity contribution < 1.29 is 4.42 Å². The molecule has 0 aliphatic carbocycles. The lowest BCUT2D eigenvalue weighted by Gasteiger charge is -2.11. The van der Waals surface area contributed by atoms with Gasteiger partial charge in [0.15, 0.2) is 0 Å². The largest absolute Gasteiger partial charge is 0.455 e.